The molecule has 1 amide bonds. The number of benzene rings is 1. The summed E-state index contributed by atoms with van der Waals surface area (Å²) in [6.07, 6.45) is 1.47. The van der Waals surface area contributed by atoms with E-state index in [0.29, 0.717) is 31.9 Å². The average Bonchev–Trinajstić information content (AvgIpc) is 3.02. The molecule has 1 aliphatic heterocycles. The molecule has 1 fully saturated rings. The Bertz CT molecular complexity index is 785. The van der Waals surface area contributed by atoms with Gasteiger partial charge in [-0.2, -0.15) is 0 Å². The molecule has 1 aromatic heterocycles. The number of nitro groups is 1. The maximum Gasteiger partial charge on any atom is 0.331 e. The van der Waals surface area contributed by atoms with E-state index in [1.165, 1.54) is 10.7 Å². The molecule has 0 saturated carbocycles. The predicted molar refractivity (Wildman–Crippen MR) is 87.7 cm³/mol. The van der Waals surface area contributed by atoms with E-state index in [0.717, 1.165) is 24.8 Å². The number of phenols is 1. The SMILES string of the molecule is O=CNc1nn(-c2cc(CN3CCOCC3)ccc2O)cc1[N+](=O)[O-]. The van der Waals surface area contributed by atoms with Crippen LogP contribution in [0.3, 0.4) is 0 Å². The molecule has 3 rings (SSSR count). The molecule has 0 bridgehead atoms. The molecule has 0 aliphatic carbocycles. The first-order valence-corrected chi connectivity index (χ1v) is 7.65. The molecule has 2 aromatic rings. The Morgan fingerprint density at radius 1 is 1.40 bits per heavy atom. The molecular formula is C15H17N5O5. The second-order valence-corrected chi connectivity index (χ2v) is 5.54. The lowest BCUT2D eigenvalue weighted by Gasteiger charge is -2.26. The Balaban J connectivity index is 1.90. The number of hydrogen-bond donors (Lipinski definition) is 2. The van der Waals surface area contributed by atoms with E-state index in [-0.39, 0.29) is 17.3 Å². The zero-order valence-electron chi connectivity index (χ0n) is 13.3. The summed E-state index contributed by atoms with van der Waals surface area (Å²) in [5, 5.41) is 27.3. The average molecular weight is 347 g/mol. The Labute approximate surface area is 142 Å². The Kier molecular flexibility index (Phi) is 4.91. The second-order valence-electron chi connectivity index (χ2n) is 5.54. The fourth-order valence-electron chi connectivity index (χ4n) is 2.65. The molecule has 132 valence electrons. The molecule has 1 saturated heterocycles. The fourth-order valence-corrected chi connectivity index (χ4v) is 2.65. The van der Waals surface area contributed by atoms with Crippen molar-refractivity contribution in [2.45, 2.75) is 6.54 Å². The monoisotopic (exact) mass is 347 g/mol. The lowest BCUT2D eigenvalue weighted by Crippen LogP contribution is -2.35. The van der Waals surface area contributed by atoms with Crippen LogP contribution in [-0.4, -0.2) is 57.4 Å². The zero-order valence-corrected chi connectivity index (χ0v) is 13.3. The van der Waals surface area contributed by atoms with Gasteiger partial charge in [0, 0.05) is 19.6 Å². The van der Waals surface area contributed by atoms with Crippen LogP contribution in [0.4, 0.5) is 11.5 Å². The molecule has 2 N–H and O–H groups in total. The van der Waals surface area contributed by atoms with Gasteiger partial charge in [-0.25, -0.2) is 4.68 Å². The highest BCUT2D eigenvalue weighted by Crippen LogP contribution is 2.28. The number of nitrogens with one attached hydrogen (secondary N) is 1. The molecule has 1 aliphatic rings. The van der Waals surface area contributed by atoms with Crippen molar-refractivity contribution in [1.29, 1.82) is 0 Å². The molecule has 0 spiro atoms. The van der Waals surface area contributed by atoms with E-state index in [1.807, 2.05) is 0 Å². The van der Waals surface area contributed by atoms with E-state index in [9.17, 15) is 20.0 Å². The van der Waals surface area contributed by atoms with Gasteiger partial charge in [0.25, 0.3) is 0 Å². The summed E-state index contributed by atoms with van der Waals surface area (Å²) in [7, 11) is 0. The number of rotatable bonds is 6. The van der Waals surface area contributed by atoms with Gasteiger partial charge in [-0.15, -0.1) is 5.10 Å². The maximum absolute atomic E-state index is 11.1. The molecule has 25 heavy (non-hydrogen) atoms. The third kappa shape index (κ3) is 3.75. The standard InChI is InChI=1S/C15H17N5O5/c21-10-16-15-13(20(23)24)9-19(17-15)12-7-11(1-2-14(12)22)8-18-3-5-25-6-4-18/h1-2,7,9-10,22H,3-6,8H2,(H,16,17,21). The minimum Gasteiger partial charge on any atom is -0.506 e. The first-order valence-electron chi connectivity index (χ1n) is 7.65. The third-order valence-electron chi connectivity index (χ3n) is 3.88. The van der Waals surface area contributed by atoms with Crippen LogP contribution in [0.1, 0.15) is 5.56 Å². The summed E-state index contributed by atoms with van der Waals surface area (Å²) in [5.74, 6) is -0.251. The van der Waals surface area contributed by atoms with Crippen LogP contribution in [0.25, 0.3) is 5.69 Å². The lowest BCUT2D eigenvalue weighted by molar-refractivity contribution is -0.384. The van der Waals surface area contributed by atoms with Gasteiger partial charge in [0.15, 0.2) is 0 Å². The number of carbonyl (C=O) groups is 1. The van der Waals surface area contributed by atoms with Crippen LogP contribution in [0.5, 0.6) is 5.75 Å². The van der Waals surface area contributed by atoms with Crippen molar-refractivity contribution in [3.05, 3.63) is 40.1 Å². The van der Waals surface area contributed by atoms with Gasteiger partial charge >= 0.3 is 5.69 Å². The predicted octanol–water partition coefficient (Wildman–Crippen LogP) is 0.887. The molecule has 2 heterocycles. The molecule has 10 nitrogen and oxygen atoms in total. The molecular weight excluding hydrogens is 330 g/mol. The van der Waals surface area contributed by atoms with E-state index in [1.54, 1.807) is 12.1 Å². The Morgan fingerprint density at radius 3 is 2.84 bits per heavy atom. The second kappa shape index (κ2) is 7.28. The first-order chi connectivity index (χ1) is 12.1. The fraction of sp³-hybridized carbons (Fsp3) is 0.333. The molecule has 10 heteroatoms. The van der Waals surface area contributed by atoms with Crippen LogP contribution in [0.2, 0.25) is 0 Å². The topological polar surface area (TPSA) is 123 Å². The Hall–Kier alpha value is -2.98. The minimum atomic E-state index is -0.649. The van der Waals surface area contributed by atoms with Gasteiger partial charge in [-0.05, 0) is 17.7 Å². The van der Waals surface area contributed by atoms with Gasteiger partial charge in [-0.1, -0.05) is 6.07 Å². The molecule has 1 aromatic carbocycles. The van der Waals surface area contributed by atoms with Crippen LogP contribution < -0.4 is 5.32 Å². The summed E-state index contributed by atoms with van der Waals surface area (Å²) in [4.78, 5) is 23.2. The number of anilines is 1. The summed E-state index contributed by atoms with van der Waals surface area (Å²) in [5.41, 5.74) is 0.871. The highest BCUT2D eigenvalue weighted by molar-refractivity contribution is 5.74. The number of phenolic OH excluding ortho intramolecular Hbond substituents is 1. The highest BCUT2D eigenvalue weighted by atomic mass is 16.6. The van der Waals surface area contributed by atoms with Crippen LogP contribution >= 0.6 is 0 Å². The number of morpholine rings is 1. The Morgan fingerprint density at radius 2 is 2.16 bits per heavy atom. The summed E-state index contributed by atoms with van der Waals surface area (Å²) in [6, 6.07) is 5.02. The number of aromatic hydroxyl groups is 1. The van der Waals surface area contributed by atoms with E-state index < -0.39 is 4.92 Å². The van der Waals surface area contributed by atoms with Crippen molar-refractivity contribution in [2.24, 2.45) is 0 Å². The minimum absolute atomic E-state index is 0.0687. The van der Waals surface area contributed by atoms with Crippen molar-refractivity contribution < 1.29 is 19.6 Å². The number of nitrogens with zero attached hydrogens (tertiary/aromatic N) is 4. The van der Waals surface area contributed by atoms with E-state index in [4.69, 9.17) is 4.74 Å². The lowest BCUT2D eigenvalue weighted by atomic mass is 10.1. The van der Waals surface area contributed by atoms with E-state index >= 15 is 0 Å². The van der Waals surface area contributed by atoms with Crippen molar-refractivity contribution >= 4 is 17.9 Å². The largest absolute Gasteiger partial charge is 0.506 e. The van der Waals surface area contributed by atoms with Gasteiger partial charge in [0.2, 0.25) is 12.2 Å². The highest BCUT2D eigenvalue weighted by Gasteiger charge is 2.21. The number of ether oxygens (including phenoxy) is 1. The van der Waals surface area contributed by atoms with Gasteiger partial charge in [0.05, 0.1) is 18.1 Å². The molecule has 0 unspecified atom stereocenters. The van der Waals surface area contributed by atoms with Crippen LogP contribution in [0.15, 0.2) is 24.4 Å². The third-order valence-corrected chi connectivity index (χ3v) is 3.88. The quantitative estimate of drug-likeness (QED) is 0.452. The molecule has 0 radical (unpaired) electrons. The van der Waals surface area contributed by atoms with Gasteiger partial charge < -0.3 is 15.2 Å². The summed E-state index contributed by atoms with van der Waals surface area (Å²) in [6.45, 7) is 3.65. The normalized spacial score (nSPS) is 15.0. The van der Waals surface area contributed by atoms with Crippen molar-refractivity contribution in [3.63, 3.8) is 0 Å². The zero-order chi connectivity index (χ0) is 17.8. The van der Waals surface area contributed by atoms with Crippen molar-refractivity contribution in [3.8, 4) is 11.4 Å². The van der Waals surface area contributed by atoms with Gasteiger partial charge in [0.1, 0.15) is 17.6 Å². The number of aromatic nitrogens is 2. The summed E-state index contributed by atoms with van der Waals surface area (Å²) >= 11 is 0. The van der Waals surface area contributed by atoms with Crippen molar-refractivity contribution in [2.75, 3.05) is 31.6 Å². The number of amides is 1. The smallest absolute Gasteiger partial charge is 0.331 e. The first kappa shape index (κ1) is 16.9. The summed E-state index contributed by atoms with van der Waals surface area (Å²) < 4.78 is 6.50. The molecule has 0 atom stereocenters. The maximum atomic E-state index is 11.1. The van der Waals surface area contributed by atoms with Crippen LogP contribution in [-0.2, 0) is 16.1 Å². The van der Waals surface area contributed by atoms with Gasteiger partial charge in [-0.3, -0.25) is 19.8 Å². The number of carbonyl (C=O) groups excluding carboxylic acids is 1. The van der Waals surface area contributed by atoms with Crippen molar-refractivity contribution in [1.82, 2.24) is 14.7 Å². The van der Waals surface area contributed by atoms with Crippen LogP contribution in [0, 0.1) is 10.1 Å². The number of hydrogen-bond acceptors (Lipinski definition) is 7. The van der Waals surface area contributed by atoms with E-state index in [2.05, 4.69) is 15.3 Å².